The van der Waals surface area contributed by atoms with Crippen LogP contribution in [0.3, 0.4) is 0 Å². The number of anilines is 1. The summed E-state index contributed by atoms with van der Waals surface area (Å²) in [6, 6.07) is 8.89. The van der Waals surface area contributed by atoms with E-state index in [1.54, 1.807) is 0 Å². The van der Waals surface area contributed by atoms with Crippen molar-refractivity contribution in [2.45, 2.75) is 6.54 Å². The number of carbonyl (C=O) groups excluding carboxylic acids is 1. The van der Waals surface area contributed by atoms with Crippen LogP contribution in [0.25, 0.3) is 10.9 Å². The SMILES string of the molecule is O=C(Cn1cnc2cc([N+](=O)[O-])ccc2c1=O)Nc1ccc(F)cc1. The molecule has 25 heavy (non-hydrogen) atoms. The van der Waals surface area contributed by atoms with Crippen molar-refractivity contribution in [3.8, 4) is 0 Å². The molecule has 0 radical (unpaired) electrons. The number of non-ortho nitro benzene ring substituents is 1. The zero-order chi connectivity index (χ0) is 18.0. The van der Waals surface area contributed by atoms with Gasteiger partial charge < -0.3 is 5.32 Å². The van der Waals surface area contributed by atoms with E-state index in [0.29, 0.717) is 5.69 Å². The summed E-state index contributed by atoms with van der Waals surface area (Å²) >= 11 is 0. The number of nitrogens with one attached hydrogen (secondary N) is 1. The van der Waals surface area contributed by atoms with Crippen molar-refractivity contribution in [3.05, 3.63) is 75.1 Å². The highest BCUT2D eigenvalue weighted by molar-refractivity contribution is 5.90. The molecule has 0 aliphatic carbocycles. The second kappa shape index (κ2) is 6.48. The standard InChI is InChI=1S/C16H11FN4O4/c17-10-1-3-11(4-2-10)19-15(22)8-20-9-18-14-7-12(21(24)25)5-6-13(14)16(20)23/h1-7,9H,8H2,(H,19,22). The average Bonchev–Trinajstić information content (AvgIpc) is 2.59. The number of nitro benzene ring substituents is 1. The summed E-state index contributed by atoms with van der Waals surface area (Å²) in [5.41, 5.74) is -0.0985. The smallest absolute Gasteiger partial charge is 0.271 e. The lowest BCUT2D eigenvalue weighted by Gasteiger charge is -2.08. The Morgan fingerprint density at radius 2 is 1.96 bits per heavy atom. The van der Waals surface area contributed by atoms with Crippen molar-refractivity contribution in [1.82, 2.24) is 9.55 Å². The molecule has 0 fully saturated rings. The monoisotopic (exact) mass is 342 g/mol. The molecule has 3 rings (SSSR count). The van der Waals surface area contributed by atoms with Crippen LogP contribution in [-0.4, -0.2) is 20.4 Å². The number of benzene rings is 2. The molecule has 126 valence electrons. The molecule has 1 amide bonds. The van der Waals surface area contributed by atoms with Crippen molar-refractivity contribution >= 4 is 28.2 Å². The quantitative estimate of drug-likeness (QED) is 0.577. The van der Waals surface area contributed by atoms with Crippen molar-refractivity contribution in [3.63, 3.8) is 0 Å². The molecule has 0 aliphatic rings. The van der Waals surface area contributed by atoms with Crippen LogP contribution in [0.4, 0.5) is 15.8 Å². The fraction of sp³-hybridized carbons (Fsp3) is 0.0625. The lowest BCUT2D eigenvalue weighted by Crippen LogP contribution is -2.27. The zero-order valence-corrected chi connectivity index (χ0v) is 12.7. The molecule has 0 saturated carbocycles. The third-order valence-corrected chi connectivity index (χ3v) is 3.46. The van der Waals surface area contributed by atoms with Gasteiger partial charge in [0, 0.05) is 17.8 Å². The number of hydrogen-bond donors (Lipinski definition) is 1. The first-order chi connectivity index (χ1) is 11.9. The molecule has 0 unspecified atom stereocenters. The van der Waals surface area contributed by atoms with E-state index in [0.717, 1.165) is 10.9 Å². The summed E-state index contributed by atoms with van der Waals surface area (Å²) in [4.78, 5) is 38.5. The second-order valence-corrected chi connectivity index (χ2v) is 5.19. The van der Waals surface area contributed by atoms with E-state index >= 15 is 0 Å². The predicted molar refractivity (Wildman–Crippen MR) is 87.7 cm³/mol. The normalized spacial score (nSPS) is 10.6. The number of aromatic nitrogens is 2. The van der Waals surface area contributed by atoms with Gasteiger partial charge in [0.2, 0.25) is 5.91 Å². The van der Waals surface area contributed by atoms with Gasteiger partial charge >= 0.3 is 0 Å². The fourth-order valence-electron chi connectivity index (χ4n) is 2.26. The van der Waals surface area contributed by atoms with E-state index in [1.165, 1.54) is 42.5 Å². The van der Waals surface area contributed by atoms with Gasteiger partial charge in [0.1, 0.15) is 12.4 Å². The summed E-state index contributed by atoms with van der Waals surface area (Å²) in [5, 5.41) is 13.5. The molecule has 1 heterocycles. The highest BCUT2D eigenvalue weighted by Crippen LogP contribution is 2.16. The van der Waals surface area contributed by atoms with Crippen LogP contribution in [-0.2, 0) is 11.3 Å². The molecule has 0 saturated heterocycles. The summed E-state index contributed by atoms with van der Waals surface area (Å²) in [7, 11) is 0. The van der Waals surface area contributed by atoms with Crippen molar-refractivity contribution in [2.75, 3.05) is 5.32 Å². The minimum absolute atomic E-state index is 0.169. The van der Waals surface area contributed by atoms with Crippen LogP contribution in [0, 0.1) is 15.9 Å². The molecule has 2 aromatic carbocycles. The Labute approximate surface area is 139 Å². The van der Waals surface area contributed by atoms with E-state index in [2.05, 4.69) is 10.3 Å². The molecule has 1 N–H and O–H groups in total. The predicted octanol–water partition coefficient (Wildman–Crippen LogP) is 2.08. The summed E-state index contributed by atoms with van der Waals surface area (Å²) in [6.45, 7) is -0.295. The zero-order valence-electron chi connectivity index (χ0n) is 12.7. The Kier molecular flexibility index (Phi) is 4.21. The number of carbonyl (C=O) groups is 1. The molecular formula is C16H11FN4O4. The number of nitrogens with zero attached hydrogens (tertiary/aromatic N) is 3. The lowest BCUT2D eigenvalue weighted by atomic mass is 10.2. The van der Waals surface area contributed by atoms with Crippen molar-refractivity contribution < 1.29 is 14.1 Å². The molecule has 9 heteroatoms. The molecule has 0 atom stereocenters. The Balaban J connectivity index is 1.83. The van der Waals surface area contributed by atoms with Crippen LogP contribution < -0.4 is 10.9 Å². The number of hydrogen-bond acceptors (Lipinski definition) is 5. The van der Waals surface area contributed by atoms with Gasteiger partial charge in [0.15, 0.2) is 0 Å². The number of rotatable bonds is 4. The Hall–Kier alpha value is -3.62. The number of halogens is 1. The summed E-state index contributed by atoms with van der Waals surface area (Å²) in [5.74, 6) is -0.918. The van der Waals surface area contributed by atoms with Gasteiger partial charge in [0.25, 0.3) is 11.2 Å². The minimum Gasteiger partial charge on any atom is -0.325 e. The fourth-order valence-corrected chi connectivity index (χ4v) is 2.26. The van der Waals surface area contributed by atoms with E-state index in [1.807, 2.05) is 0 Å². The van der Waals surface area contributed by atoms with Crippen LogP contribution in [0.2, 0.25) is 0 Å². The van der Waals surface area contributed by atoms with Crippen molar-refractivity contribution in [1.29, 1.82) is 0 Å². The first kappa shape index (κ1) is 16.2. The van der Waals surface area contributed by atoms with E-state index < -0.39 is 22.2 Å². The molecule has 0 spiro atoms. The first-order valence-electron chi connectivity index (χ1n) is 7.13. The van der Waals surface area contributed by atoms with Gasteiger partial charge in [-0.15, -0.1) is 0 Å². The van der Waals surface area contributed by atoms with E-state index in [-0.39, 0.29) is 23.1 Å². The largest absolute Gasteiger partial charge is 0.325 e. The van der Waals surface area contributed by atoms with E-state index in [9.17, 15) is 24.1 Å². The van der Waals surface area contributed by atoms with Gasteiger partial charge in [-0.1, -0.05) is 0 Å². The Morgan fingerprint density at radius 3 is 2.64 bits per heavy atom. The third kappa shape index (κ3) is 3.50. The average molecular weight is 342 g/mol. The number of fused-ring (bicyclic) bond motifs is 1. The Morgan fingerprint density at radius 1 is 1.24 bits per heavy atom. The maximum absolute atomic E-state index is 12.8. The molecule has 0 aliphatic heterocycles. The second-order valence-electron chi connectivity index (χ2n) is 5.19. The van der Waals surface area contributed by atoms with E-state index in [4.69, 9.17) is 0 Å². The van der Waals surface area contributed by atoms with Crippen LogP contribution >= 0.6 is 0 Å². The van der Waals surface area contributed by atoms with Gasteiger partial charge in [0.05, 0.1) is 22.2 Å². The van der Waals surface area contributed by atoms with Crippen LogP contribution in [0.5, 0.6) is 0 Å². The number of nitro groups is 1. The first-order valence-corrected chi connectivity index (χ1v) is 7.13. The maximum atomic E-state index is 12.8. The third-order valence-electron chi connectivity index (χ3n) is 3.46. The van der Waals surface area contributed by atoms with Gasteiger partial charge in [-0.2, -0.15) is 0 Å². The highest BCUT2D eigenvalue weighted by Gasteiger charge is 2.12. The summed E-state index contributed by atoms with van der Waals surface area (Å²) in [6.07, 6.45) is 1.15. The van der Waals surface area contributed by atoms with Gasteiger partial charge in [-0.3, -0.25) is 24.3 Å². The highest BCUT2D eigenvalue weighted by atomic mass is 19.1. The van der Waals surface area contributed by atoms with Gasteiger partial charge in [-0.05, 0) is 30.3 Å². The molecule has 1 aromatic heterocycles. The minimum atomic E-state index is -0.581. The van der Waals surface area contributed by atoms with Crippen LogP contribution in [0.15, 0.2) is 53.6 Å². The molecular weight excluding hydrogens is 331 g/mol. The molecule has 0 bridgehead atoms. The van der Waals surface area contributed by atoms with Crippen LogP contribution in [0.1, 0.15) is 0 Å². The van der Waals surface area contributed by atoms with Gasteiger partial charge in [-0.25, -0.2) is 9.37 Å². The number of amides is 1. The Bertz CT molecular complexity index is 1030. The molecule has 8 nitrogen and oxygen atoms in total. The topological polar surface area (TPSA) is 107 Å². The maximum Gasteiger partial charge on any atom is 0.271 e. The lowest BCUT2D eigenvalue weighted by molar-refractivity contribution is -0.384. The summed E-state index contributed by atoms with van der Waals surface area (Å²) < 4.78 is 13.9. The molecule has 3 aromatic rings. The van der Waals surface area contributed by atoms with Crippen molar-refractivity contribution in [2.24, 2.45) is 0 Å².